The first-order valence-electron chi connectivity index (χ1n) is 6.60. The van der Waals surface area contributed by atoms with E-state index < -0.39 is 15.4 Å². The van der Waals surface area contributed by atoms with Gasteiger partial charge in [-0.2, -0.15) is 8.42 Å². The first-order valence-corrected chi connectivity index (χ1v) is 8.10. The van der Waals surface area contributed by atoms with Crippen LogP contribution < -0.4 is 0 Å². The lowest BCUT2D eigenvalue weighted by atomic mass is 9.70. The second-order valence-electron chi connectivity index (χ2n) is 5.54. The van der Waals surface area contributed by atoms with Crippen molar-refractivity contribution in [3.8, 4) is 0 Å². The molecule has 0 aromatic heterocycles. The Morgan fingerprint density at radius 2 is 2.06 bits per heavy atom. The fourth-order valence-corrected chi connectivity index (χ4v) is 4.63. The van der Waals surface area contributed by atoms with Crippen LogP contribution in [0.4, 0.5) is 0 Å². The normalized spacial score (nSPS) is 35.3. The van der Waals surface area contributed by atoms with E-state index in [0.717, 1.165) is 31.3 Å². The molecule has 0 aliphatic heterocycles. The van der Waals surface area contributed by atoms with E-state index in [4.69, 9.17) is 0 Å². The van der Waals surface area contributed by atoms with Crippen molar-refractivity contribution in [1.82, 2.24) is 0 Å². The van der Waals surface area contributed by atoms with Crippen molar-refractivity contribution >= 4 is 10.1 Å². The molecular formula is C14H18O3S. The molecule has 0 amide bonds. The molecule has 0 aromatic rings. The predicted molar refractivity (Wildman–Crippen MR) is 70.7 cm³/mol. The van der Waals surface area contributed by atoms with Crippen molar-refractivity contribution in [2.24, 2.45) is 11.8 Å². The lowest BCUT2D eigenvalue weighted by Gasteiger charge is -2.38. The van der Waals surface area contributed by atoms with E-state index in [1.807, 2.05) is 12.2 Å². The summed E-state index contributed by atoms with van der Waals surface area (Å²) in [5.41, 5.74) is 2.18. The zero-order valence-electron chi connectivity index (χ0n) is 10.2. The third-order valence-corrected chi connectivity index (χ3v) is 5.67. The summed E-state index contributed by atoms with van der Waals surface area (Å²) >= 11 is 0. The molecule has 18 heavy (non-hydrogen) atoms. The summed E-state index contributed by atoms with van der Waals surface area (Å²) < 4.78 is 32.3. The predicted octanol–water partition coefficient (Wildman–Crippen LogP) is 2.88. The first kappa shape index (κ1) is 12.2. The molecule has 3 rings (SSSR count). The molecule has 1 N–H and O–H groups in total. The van der Waals surface area contributed by atoms with Crippen molar-refractivity contribution in [2.45, 2.75) is 37.4 Å². The molecular weight excluding hydrogens is 248 g/mol. The Hall–Kier alpha value is -0.870. The molecule has 3 atom stereocenters. The summed E-state index contributed by atoms with van der Waals surface area (Å²) in [6, 6.07) is 0. The van der Waals surface area contributed by atoms with Gasteiger partial charge in [0.2, 0.25) is 0 Å². The summed E-state index contributed by atoms with van der Waals surface area (Å²) in [5.74, 6) is 0.892. The van der Waals surface area contributed by atoms with E-state index in [-0.39, 0.29) is 0 Å². The molecule has 1 fully saturated rings. The Labute approximate surface area is 108 Å². The van der Waals surface area contributed by atoms with Crippen LogP contribution >= 0.6 is 0 Å². The quantitative estimate of drug-likeness (QED) is 0.742. The highest BCUT2D eigenvalue weighted by Gasteiger charge is 2.39. The minimum atomic E-state index is -3.95. The van der Waals surface area contributed by atoms with Crippen LogP contribution in [0.3, 0.4) is 0 Å². The van der Waals surface area contributed by atoms with Gasteiger partial charge in [0.15, 0.2) is 0 Å². The minimum absolute atomic E-state index is 0.347. The van der Waals surface area contributed by atoms with E-state index in [9.17, 15) is 13.0 Å². The zero-order valence-corrected chi connectivity index (χ0v) is 11.1. The zero-order chi connectivity index (χ0) is 12.8. The van der Waals surface area contributed by atoms with E-state index in [2.05, 4.69) is 12.2 Å². The number of hydrogen-bond donors (Lipinski definition) is 1. The third kappa shape index (κ3) is 2.08. The molecule has 0 bridgehead atoms. The molecule has 0 spiro atoms. The lowest BCUT2D eigenvalue weighted by molar-refractivity contribution is 0.353. The molecule has 98 valence electrons. The smallest absolute Gasteiger partial charge is 0.271 e. The molecule has 3 nitrogen and oxygen atoms in total. The maximum absolute atomic E-state index is 11.5. The maximum atomic E-state index is 11.5. The van der Waals surface area contributed by atoms with Crippen molar-refractivity contribution in [3.05, 3.63) is 35.5 Å². The number of fused-ring (bicyclic) bond motifs is 2. The van der Waals surface area contributed by atoms with Crippen LogP contribution in [0.15, 0.2) is 35.5 Å². The van der Waals surface area contributed by atoms with Gasteiger partial charge in [-0.25, -0.2) is 0 Å². The highest BCUT2D eigenvalue weighted by Crippen LogP contribution is 2.44. The second kappa shape index (κ2) is 4.35. The van der Waals surface area contributed by atoms with Gasteiger partial charge in [-0.15, -0.1) is 0 Å². The molecule has 0 heterocycles. The molecule has 3 aliphatic carbocycles. The average molecular weight is 266 g/mol. The first-order chi connectivity index (χ1) is 8.55. The molecule has 3 aliphatic rings. The van der Waals surface area contributed by atoms with Gasteiger partial charge in [0, 0.05) is 0 Å². The minimum Gasteiger partial charge on any atom is -0.285 e. The monoisotopic (exact) mass is 266 g/mol. The molecule has 3 unspecified atom stereocenters. The lowest BCUT2D eigenvalue weighted by Crippen LogP contribution is -2.34. The fourth-order valence-electron chi connectivity index (χ4n) is 3.56. The van der Waals surface area contributed by atoms with E-state index in [1.165, 1.54) is 5.57 Å². The summed E-state index contributed by atoms with van der Waals surface area (Å²) in [4.78, 5) is 0. The van der Waals surface area contributed by atoms with Crippen molar-refractivity contribution in [2.75, 3.05) is 0 Å². The molecule has 0 saturated heterocycles. The summed E-state index contributed by atoms with van der Waals surface area (Å²) in [7, 11) is -3.95. The van der Waals surface area contributed by atoms with Crippen LogP contribution in [0.25, 0.3) is 0 Å². The van der Waals surface area contributed by atoms with Gasteiger partial charge in [-0.1, -0.05) is 30.7 Å². The van der Waals surface area contributed by atoms with E-state index in [1.54, 1.807) is 0 Å². The molecule has 1 saturated carbocycles. The Balaban J connectivity index is 2.01. The third-order valence-electron chi connectivity index (χ3n) is 4.44. The van der Waals surface area contributed by atoms with Gasteiger partial charge >= 0.3 is 0 Å². The van der Waals surface area contributed by atoms with Crippen LogP contribution in [-0.2, 0) is 10.1 Å². The summed E-state index contributed by atoms with van der Waals surface area (Å²) in [5, 5.41) is -0.663. The van der Waals surface area contributed by atoms with Gasteiger partial charge in [0.1, 0.15) is 5.25 Å². The Morgan fingerprint density at radius 3 is 2.83 bits per heavy atom. The highest BCUT2D eigenvalue weighted by molar-refractivity contribution is 7.86. The van der Waals surface area contributed by atoms with Gasteiger partial charge < -0.3 is 0 Å². The Bertz CT molecular complexity index is 539. The van der Waals surface area contributed by atoms with Crippen LogP contribution in [0.5, 0.6) is 0 Å². The van der Waals surface area contributed by atoms with Crippen molar-refractivity contribution in [3.63, 3.8) is 0 Å². The Morgan fingerprint density at radius 1 is 1.22 bits per heavy atom. The molecule has 0 aromatic carbocycles. The van der Waals surface area contributed by atoms with E-state index >= 15 is 0 Å². The molecule has 4 heteroatoms. The summed E-state index contributed by atoms with van der Waals surface area (Å²) in [6.45, 7) is 0. The number of allylic oxidation sites excluding steroid dienone is 5. The number of rotatable bonds is 1. The van der Waals surface area contributed by atoms with Crippen molar-refractivity contribution < 1.29 is 13.0 Å². The SMILES string of the molecule is O=S(=O)(O)C1CCCC2CC3CC=CC=C3C=C21. The van der Waals surface area contributed by atoms with Crippen molar-refractivity contribution in [1.29, 1.82) is 0 Å². The summed E-state index contributed by atoms with van der Waals surface area (Å²) in [6.07, 6.45) is 12.9. The highest BCUT2D eigenvalue weighted by atomic mass is 32.2. The van der Waals surface area contributed by atoms with Crippen LogP contribution in [0.2, 0.25) is 0 Å². The van der Waals surface area contributed by atoms with Gasteiger partial charge in [-0.3, -0.25) is 4.55 Å². The largest absolute Gasteiger partial charge is 0.285 e. The Kier molecular flexibility index (Phi) is 2.94. The second-order valence-corrected chi connectivity index (χ2v) is 7.14. The standard InChI is InChI=1S/C14H18O3S/c15-18(16,17)14-7-3-6-12-8-10-4-1-2-5-11(10)9-13(12)14/h1-2,5,9-10,12,14H,3-4,6-8H2,(H,15,16,17). The number of hydrogen-bond acceptors (Lipinski definition) is 2. The van der Waals surface area contributed by atoms with Gasteiger partial charge in [0.05, 0.1) is 0 Å². The van der Waals surface area contributed by atoms with E-state index in [0.29, 0.717) is 18.3 Å². The van der Waals surface area contributed by atoms with Crippen LogP contribution in [0, 0.1) is 11.8 Å². The van der Waals surface area contributed by atoms with Gasteiger partial charge in [-0.05, 0) is 48.7 Å². The van der Waals surface area contributed by atoms with Crippen LogP contribution in [-0.4, -0.2) is 18.2 Å². The molecule has 0 radical (unpaired) electrons. The average Bonchev–Trinajstić information content (AvgIpc) is 2.34. The maximum Gasteiger partial charge on any atom is 0.271 e. The van der Waals surface area contributed by atoms with Crippen LogP contribution in [0.1, 0.15) is 32.1 Å². The van der Waals surface area contributed by atoms with Gasteiger partial charge in [0.25, 0.3) is 10.1 Å². The fraction of sp³-hybridized carbons (Fsp3) is 0.571. The topological polar surface area (TPSA) is 54.4 Å².